The molecule has 9 heteroatoms. The number of nitrogens with zero attached hydrogens (tertiary/aromatic N) is 3. The Kier molecular flexibility index (Phi) is 5.29. The maximum Gasteiger partial charge on any atom is 0.327 e. The fraction of sp³-hybridized carbons (Fsp3) is 0.148. The van der Waals surface area contributed by atoms with Crippen molar-refractivity contribution in [3.05, 3.63) is 89.9 Å². The molecule has 1 atom stereocenters. The van der Waals surface area contributed by atoms with Gasteiger partial charge in [0, 0.05) is 17.3 Å². The summed E-state index contributed by atoms with van der Waals surface area (Å²) in [5.74, 6) is 2.66. The number of carbonyl (C=O) groups excluding carboxylic acids is 1. The molecule has 1 aromatic heterocycles. The molecule has 2 aliphatic heterocycles. The molecule has 180 valence electrons. The van der Waals surface area contributed by atoms with E-state index >= 15 is 0 Å². The molecule has 1 N–H and O–H groups in total. The molecule has 0 fully saturated rings. The zero-order valence-corrected chi connectivity index (χ0v) is 19.6. The molecule has 0 aliphatic carbocycles. The van der Waals surface area contributed by atoms with Crippen molar-refractivity contribution in [1.29, 1.82) is 0 Å². The molecule has 0 bridgehead atoms. The number of hydrogen-bond acceptors (Lipinski definition) is 7. The normalized spacial score (nSPS) is 16.8. The van der Waals surface area contributed by atoms with Gasteiger partial charge in [-0.3, -0.25) is 4.90 Å². The van der Waals surface area contributed by atoms with Crippen LogP contribution >= 0.6 is 0 Å². The number of amides is 2. The predicted octanol–water partition coefficient (Wildman–Crippen LogP) is 5.18. The standard InChI is InChI=1S/C27H22N4O5/c1-16-23(26-29-25(30-36-26)17-7-4-3-5-8-17)24(18-9-6-10-20(13-18)33-2)28-27(32)31(16)19-11-12-21-22(14-19)35-15-34-21/h3-14,24H,15H2,1-2H3,(H,28,32). The summed E-state index contributed by atoms with van der Waals surface area (Å²) in [5.41, 5.74) is 3.60. The first-order valence-corrected chi connectivity index (χ1v) is 11.4. The lowest BCUT2D eigenvalue weighted by Crippen LogP contribution is -2.46. The third kappa shape index (κ3) is 3.70. The average Bonchev–Trinajstić information content (AvgIpc) is 3.59. The number of rotatable bonds is 5. The second-order valence-corrected chi connectivity index (χ2v) is 8.32. The molecule has 1 unspecified atom stereocenters. The number of urea groups is 1. The fourth-order valence-corrected chi connectivity index (χ4v) is 4.46. The van der Waals surface area contributed by atoms with Gasteiger partial charge in [0.15, 0.2) is 11.5 Å². The summed E-state index contributed by atoms with van der Waals surface area (Å²) in [6.45, 7) is 2.01. The Hall–Kier alpha value is -4.79. The number of fused-ring (bicyclic) bond motifs is 1. The van der Waals surface area contributed by atoms with Gasteiger partial charge in [-0.1, -0.05) is 47.6 Å². The van der Waals surface area contributed by atoms with Crippen LogP contribution in [0.1, 0.15) is 24.4 Å². The van der Waals surface area contributed by atoms with Gasteiger partial charge in [-0.2, -0.15) is 4.98 Å². The minimum absolute atomic E-state index is 0.146. The van der Waals surface area contributed by atoms with Crippen molar-refractivity contribution < 1.29 is 23.5 Å². The van der Waals surface area contributed by atoms with Crippen molar-refractivity contribution in [2.45, 2.75) is 13.0 Å². The van der Waals surface area contributed by atoms with Crippen LogP contribution in [-0.2, 0) is 0 Å². The third-order valence-corrected chi connectivity index (χ3v) is 6.21. The predicted molar refractivity (Wildman–Crippen MR) is 132 cm³/mol. The van der Waals surface area contributed by atoms with Crippen LogP contribution in [0.25, 0.3) is 17.0 Å². The smallest absolute Gasteiger partial charge is 0.327 e. The summed E-state index contributed by atoms with van der Waals surface area (Å²) in [5, 5.41) is 7.31. The third-order valence-electron chi connectivity index (χ3n) is 6.21. The van der Waals surface area contributed by atoms with Crippen LogP contribution < -0.4 is 24.4 Å². The largest absolute Gasteiger partial charge is 0.497 e. The summed E-state index contributed by atoms with van der Waals surface area (Å²) in [6, 6.07) is 21.6. The molecule has 0 saturated carbocycles. The van der Waals surface area contributed by atoms with E-state index in [1.54, 1.807) is 24.1 Å². The molecule has 0 spiro atoms. The maximum absolute atomic E-state index is 13.5. The zero-order chi connectivity index (χ0) is 24.6. The number of benzene rings is 3. The number of allylic oxidation sites excluding steroid dienone is 1. The first kappa shape index (κ1) is 21.7. The minimum atomic E-state index is -0.540. The molecule has 3 aromatic carbocycles. The quantitative estimate of drug-likeness (QED) is 0.419. The Morgan fingerprint density at radius 3 is 2.67 bits per heavy atom. The van der Waals surface area contributed by atoms with E-state index in [1.807, 2.05) is 67.6 Å². The van der Waals surface area contributed by atoms with Crippen LogP contribution in [0.2, 0.25) is 0 Å². The molecule has 6 rings (SSSR count). The van der Waals surface area contributed by atoms with E-state index in [4.69, 9.17) is 23.7 Å². The Morgan fingerprint density at radius 2 is 1.83 bits per heavy atom. The van der Waals surface area contributed by atoms with Gasteiger partial charge in [-0.05, 0) is 36.8 Å². The van der Waals surface area contributed by atoms with Crippen LogP contribution in [0.15, 0.2) is 83.0 Å². The Bertz CT molecular complexity index is 1480. The lowest BCUT2D eigenvalue weighted by Gasteiger charge is -2.35. The molecular weight excluding hydrogens is 460 g/mol. The number of hydrogen-bond donors (Lipinski definition) is 1. The summed E-state index contributed by atoms with van der Waals surface area (Å²) in [7, 11) is 1.60. The van der Waals surface area contributed by atoms with Crippen LogP contribution in [0.4, 0.5) is 10.5 Å². The van der Waals surface area contributed by atoms with Crippen molar-refractivity contribution >= 4 is 17.3 Å². The number of nitrogens with one attached hydrogen (secondary N) is 1. The van der Waals surface area contributed by atoms with Gasteiger partial charge < -0.3 is 24.1 Å². The lowest BCUT2D eigenvalue weighted by molar-refractivity contribution is 0.174. The van der Waals surface area contributed by atoms with Gasteiger partial charge in [0.25, 0.3) is 5.89 Å². The summed E-state index contributed by atoms with van der Waals surface area (Å²) in [4.78, 5) is 19.7. The Morgan fingerprint density at radius 1 is 1.00 bits per heavy atom. The Labute approximate surface area is 206 Å². The second kappa shape index (κ2) is 8.77. The zero-order valence-electron chi connectivity index (χ0n) is 19.6. The van der Waals surface area contributed by atoms with E-state index in [0.717, 1.165) is 11.1 Å². The van der Waals surface area contributed by atoms with E-state index in [9.17, 15) is 4.79 Å². The highest BCUT2D eigenvalue weighted by Gasteiger charge is 2.37. The minimum Gasteiger partial charge on any atom is -0.497 e. The van der Waals surface area contributed by atoms with Gasteiger partial charge in [0.05, 0.1) is 24.4 Å². The first-order valence-electron chi connectivity index (χ1n) is 11.4. The van der Waals surface area contributed by atoms with Crippen molar-refractivity contribution in [2.24, 2.45) is 0 Å². The molecule has 4 aromatic rings. The maximum atomic E-state index is 13.5. The van der Waals surface area contributed by atoms with E-state index in [0.29, 0.717) is 45.9 Å². The van der Waals surface area contributed by atoms with Crippen LogP contribution in [0.3, 0.4) is 0 Å². The molecule has 0 saturated heterocycles. The van der Waals surface area contributed by atoms with Crippen LogP contribution in [0.5, 0.6) is 17.2 Å². The summed E-state index contributed by atoms with van der Waals surface area (Å²) >= 11 is 0. The lowest BCUT2D eigenvalue weighted by atomic mass is 9.94. The highest BCUT2D eigenvalue weighted by atomic mass is 16.7. The monoisotopic (exact) mass is 482 g/mol. The number of carbonyl (C=O) groups is 1. The molecule has 36 heavy (non-hydrogen) atoms. The van der Waals surface area contributed by atoms with Crippen LogP contribution in [-0.4, -0.2) is 30.1 Å². The second-order valence-electron chi connectivity index (χ2n) is 8.32. The fourth-order valence-electron chi connectivity index (χ4n) is 4.46. The van der Waals surface area contributed by atoms with Crippen molar-refractivity contribution in [1.82, 2.24) is 15.5 Å². The summed E-state index contributed by atoms with van der Waals surface area (Å²) < 4.78 is 22.1. The van der Waals surface area contributed by atoms with Crippen molar-refractivity contribution in [3.63, 3.8) is 0 Å². The molecule has 0 radical (unpaired) electrons. The average molecular weight is 482 g/mol. The molecule has 2 amide bonds. The SMILES string of the molecule is COc1cccc(C2NC(=O)N(c3ccc4c(c3)OCO4)C(C)=C2c2nc(-c3ccccc3)no2)c1. The number of ether oxygens (including phenoxy) is 3. The van der Waals surface area contributed by atoms with Gasteiger partial charge >= 0.3 is 6.03 Å². The number of methoxy groups -OCH3 is 1. The van der Waals surface area contributed by atoms with Gasteiger partial charge in [0.1, 0.15) is 5.75 Å². The first-order chi connectivity index (χ1) is 17.6. The molecule has 9 nitrogen and oxygen atoms in total. The van der Waals surface area contributed by atoms with Gasteiger partial charge in [-0.15, -0.1) is 0 Å². The van der Waals surface area contributed by atoms with Crippen molar-refractivity contribution in [2.75, 3.05) is 18.8 Å². The highest BCUT2D eigenvalue weighted by molar-refractivity contribution is 6.01. The number of aromatic nitrogens is 2. The van der Waals surface area contributed by atoms with E-state index < -0.39 is 6.04 Å². The highest BCUT2D eigenvalue weighted by Crippen LogP contribution is 2.42. The molecular formula is C27H22N4O5. The van der Waals surface area contributed by atoms with E-state index in [1.165, 1.54) is 0 Å². The van der Waals surface area contributed by atoms with E-state index in [2.05, 4.69) is 10.5 Å². The van der Waals surface area contributed by atoms with Crippen LogP contribution in [0, 0.1) is 0 Å². The van der Waals surface area contributed by atoms with Crippen molar-refractivity contribution in [3.8, 4) is 28.6 Å². The van der Waals surface area contributed by atoms with Gasteiger partial charge in [0.2, 0.25) is 12.6 Å². The summed E-state index contributed by atoms with van der Waals surface area (Å²) in [6.07, 6.45) is 0. The van der Waals surface area contributed by atoms with Gasteiger partial charge in [-0.25, -0.2) is 4.79 Å². The van der Waals surface area contributed by atoms with E-state index in [-0.39, 0.29) is 12.8 Å². The number of anilines is 1. The Balaban J connectivity index is 1.49. The molecule has 2 aliphatic rings. The molecule has 3 heterocycles. The topological polar surface area (TPSA) is 99.0 Å².